The number of benzene rings is 2. The fourth-order valence-corrected chi connectivity index (χ4v) is 3.73. The zero-order valence-corrected chi connectivity index (χ0v) is 24.8. The first-order valence-electron chi connectivity index (χ1n) is 10.1. The van der Waals surface area contributed by atoms with Crippen LogP contribution in [0.2, 0.25) is 13.1 Å². The van der Waals surface area contributed by atoms with Gasteiger partial charge in [0.15, 0.2) is 0 Å². The van der Waals surface area contributed by atoms with Crippen LogP contribution in [0.5, 0.6) is 0 Å². The first kappa shape index (κ1) is 31.3. The van der Waals surface area contributed by atoms with Crippen LogP contribution in [0, 0.1) is 44.9 Å². The number of rotatable bonds is 1. The first-order chi connectivity index (χ1) is 13.0. The summed E-state index contributed by atoms with van der Waals surface area (Å²) in [6, 6.07) is 23.4. The number of fused-ring (bicyclic) bond motifs is 1. The molecule has 0 aliphatic heterocycles. The maximum atomic E-state index is 2.48. The minimum Gasteiger partial charge on any atom is -0.358 e. The van der Waals surface area contributed by atoms with Crippen LogP contribution in [0.3, 0.4) is 0 Å². The Morgan fingerprint density at radius 3 is 1.63 bits per heavy atom. The van der Waals surface area contributed by atoms with Crippen LogP contribution in [-0.4, -0.2) is 9.52 Å². The molecule has 1 fully saturated rings. The largest absolute Gasteiger partial charge is 4.00 e. The summed E-state index contributed by atoms with van der Waals surface area (Å²) < 4.78 is 0. The van der Waals surface area contributed by atoms with Crippen molar-refractivity contribution in [3.8, 4) is 11.1 Å². The van der Waals surface area contributed by atoms with Crippen molar-refractivity contribution in [1.82, 2.24) is 0 Å². The van der Waals surface area contributed by atoms with Crippen molar-refractivity contribution < 1.29 is 25.8 Å². The summed E-state index contributed by atoms with van der Waals surface area (Å²) in [6.45, 7) is 13.7. The van der Waals surface area contributed by atoms with Crippen LogP contribution in [0.4, 0.5) is 0 Å². The molecule has 0 nitrogen and oxygen atoms in total. The van der Waals surface area contributed by atoms with E-state index in [4.69, 9.17) is 0 Å². The Morgan fingerprint density at radius 1 is 0.733 bits per heavy atom. The molecule has 0 saturated heterocycles. The van der Waals surface area contributed by atoms with E-state index in [-0.39, 0.29) is 40.7 Å². The Kier molecular flexibility index (Phi) is 16.6. The number of hydrogen-bond acceptors (Lipinski definition) is 0. The molecule has 0 spiro atoms. The van der Waals surface area contributed by atoms with Gasteiger partial charge in [-0.2, -0.15) is 11.8 Å². The van der Waals surface area contributed by atoms with Gasteiger partial charge in [-0.3, -0.25) is 0 Å². The van der Waals surface area contributed by atoms with Gasteiger partial charge in [-0.15, -0.1) is 34.5 Å². The van der Waals surface area contributed by atoms with Crippen LogP contribution in [0.25, 0.3) is 21.9 Å². The molecule has 30 heavy (non-hydrogen) atoms. The van der Waals surface area contributed by atoms with E-state index in [9.17, 15) is 0 Å². The minimum absolute atomic E-state index is 0. The molecule has 0 amide bonds. The van der Waals surface area contributed by atoms with Gasteiger partial charge < -0.3 is 21.3 Å². The maximum absolute atomic E-state index is 2.48. The van der Waals surface area contributed by atoms with Gasteiger partial charge in [0.05, 0.1) is 0 Å². The molecule has 2 radical (unpaired) electrons. The quantitative estimate of drug-likeness (QED) is 0.199. The Labute approximate surface area is 208 Å². The molecule has 1 aliphatic carbocycles. The molecule has 3 aromatic rings. The van der Waals surface area contributed by atoms with E-state index in [1.165, 1.54) is 21.9 Å². The molecule has 160 valence electrons. The van der Waals surface area contributed by atoms with Crippen LogP contribution >= 0.6 is 0 Å². The van der Waals surface area contributed by atoms with E-state index in [2.05, 4.69) is 108 Å². The third kappa shape index (κ3) is 8.71. The van der Waals surface area contributed by atoms with Crippen LogP contribution in [-0.2, 0) is 25.8 Å². The van der Waals surface area contributed by atoms with Crippen molar-refractivity contribution in [1.29, 1.82) is 0 Å². The van der Waals surface area contributed by atoms with Crippen molar-refractivity contribution in [3.05, 3.63) is 88.0 Å². The van der Waals surface area contributed by atoms with Gasteiger partial charge in [-0.25, -0.2) is 0 Å². The van der Waals surface area contributed by atoms with Crippen LogP contribution < -0.4 is 0 Å². The van der Waals surface area contributed by atoms with Crippen molar-refractivity contribution in [2.45, 2.75) is 40.8 Å². The molecule has 0 heterocycles. The third-order valence-corrected chi connectivity index (χ3v) is 5.82. The van der Waals surface area contributed by atoms with E-state index < -0.39 is 0 Å². The van der Waals surface area contributed by atoms with E-state index in [0.717, 1.165) is 33.2 Å². The summed E-state index contributed by atoms with van der Waals surface area (Å²) in [7, 11) is 1.08. The summed E-state index contributed by atoms with van der Waals surface area (Å²) in [6.07, 6.45) is 2.48. The topological polar surface area (TPSA) is 0 Å². The molecular formula is C28H40HfSi. The second-order valence-corrected chi connectivity index (χ2v) is 8.87. The van der Waals surface area contributed by atoms with Gasteiger partial charge in [-0.1, -0.05) is 107 Å². The smallest absolute Gasteiger partial charge is 0.358 e. The molecule has 3 aromatic carbocycles. The summed E-state index contributed by atoms with van der Waals surface area (Å²) >= 11 is 0. The second-order valence-electron chi connectivity index (χ2n) is 7.87. The van der Waals surface area contributed by atoms with Gasteiger partial charge in [0, 0.05) is 9.52 Å². The second kappa shape index (κ2) is 15.9. The molecule has 1 saturated carbocycles. The molecule has 1 aliphatic rings. The molecular weight excluding hydrogens is 543 g/mol. The maximum Gasteiger partial charge on any atom is 4.00 e. The zero-order valence-electron chi connectivity index (χ0n) is 20.2. The van der Waals surface area contributed by atoms with Gasteiger partial charge in [0.25, 0.3) is 0 Å². The van der Waals surface area contributed by atoms with E-state index in [1.807, 2.05) is 6.07 Å². The fraction of sp³-hybridized carbons (Fsp3) is 0.357. The van der Waals surface area contributed by atoms with Crippen LogP contribution in [0.1, 0.15) is 27.7 Å². The predicted octanol–water partition coefficient (Wildman–Crippen LogP) is 8.66. The number of hydrogen-bond donors (Lipinski definition) is 0. The van der Waals surface area contributed by atoms with Crippen molar-refractivity contribution >= 4 is 20.3 Å². The normalized spacial score (nSPS) is 21.5. The van der Waals surface area contributed by atoms with Gasteiger partial charge >= 0.3 is 25.8 Å². The van der Waals surface area contributed by atoms with E-state index >= 15 is 0 Å². The molecule has 4 unspecified atom stereocenters. The average Bonchev–Trinajstić information content (AvgIpc) is 3.21. The average molecular weight is 583 g/mol. The monoisotopic (exact) mass is 584 g/mol. The molecule has 4 atom stereocenters. The van der Waals surface area contributed by atoms with Crippen molar-refractivity contribution in [2.24, 2.45) is 23.7 Å². The first-order valence-corrected chi connectivity index (χ1v) is 12.1. The van der Waals surface area contributed by atoms with Crippen molar-refractivity contribution in [2.75, 3.05) is 0 Å². The Morgan fingerprint density at radius 2 is 1.20 bits per heavy atom. The molecule has 0 aromatic heterocycles. The molecule has 0 bridgehead atoms. The summed E-state index contributed by atoms with van der Waals surface area (Å²) in [4.78, 5) is 0. The Bertz CT molecular complexity index is 748. The standard InChI is InChI=1S/C15H11.C9H17.C2H6Si.2CH3.Hf/c1-2-6-12(7-3-1)15-10-13-8-4-5-9-14(13)11-15;1-6-5-7(2)9(4)8(6)3;1-3-2;;;/h1-11H;5-9H,1-4H3;1-2H3;2*1H3;/q2*-1;;2*-1;+4. The van der Waals surface area contributed by atoms with E-state index in [1.54, 1.807) is 0 Å². The fourth-order valence-electron chi connectivity index (χ4n) is 3.73. The summed E-state index contributed by atoms with van der Waals surface area (Å²) in [5.41, 5.74) is 2.59. The van der Waals surface area contributed by atoms with Crippen LogP contribution in [0.15, 0.2) is 66.7 Å². The molecule has 0 N–H and O–H groups in total. The predicted molar refractivity (Wildman–Crippen MR) is 136 cm³/mol. The SMILES string of the molecule is CC1[CH-]C(C)C(C)C1C.C[Si]C.[CH3-].[CH3-].[Hf+4].c1ccc(-c2cc3ccccc3[cH-]2)cc1. The van der Waals surface area contributed by atoms with Gasteiger partial charge in [-0.05, 0) is 0 Å². The van der Waals surface area contributed by atoms with Crippen molar-refractivity contribution in [3.63, 3.8) is 0 Å². The Balaban J connectivity index is 0. The summed E-state index contributed by atoms with van der Waals surface area (Å²) in [5, 5.41) is 2.63. The Hall–Kier alpha value is -0.863. The zero-order chi connectivity index (χ0) is 19.8. The van der Waals surface area contributed by atoms with Gasteiger partial charge in [0.2, 0.25) is 0 Å². The molecule has 4 rings (SSSR count). The van der Waals surface area contributed by atoms with E-state index in [0.29, 0.717) is 0 Å². The molecule has 2 heteroatoms. The van der Waals surface area contributed by atoms with Gasteiger partial charge in [0.1, 0.15) is 0 Å². The summed E-state index contributed by atoms with van der Waals surface area (Å²) in [5.74, 6) is 3.49. The minimum atomic E-state index is 0. The third-order valence-electron chi connectivity index (χ3n) is 5.82.